The predicted molar refractivity (Wildman–Crippen MR) is 52.5 cm³/mol. The van der Waals surface area contributed by atoms with Gasteiger partial charge in [0.2, 0.25) is 10.0 Å². The van der Waals surface area contributed by atoms with Gasteiger partial charge in [-0.25, -0.2) is 13.1 Å². The number of hydrogen-bond donors (Lipinski definition) is 1. The second-order valence-electron chi connectivity index (χ2n) is 2.79. The van der Waals surface area contributed by atoms with E-state index in [-0.39, 0.29) is 12.3 Å². The highest BCUT2D eigenvalue weighted by molar-refractivity contribution is 7.88. The first-order valence-corrected chi connectivity index (χ1v) is 5.83. The predicted octanol–water partition coefficient (Wildman–Crippen LogP) is 0.219. The Kier molecular flexibility index (Phi) is 3.38. The second-order valence-corrected chi connectivity index (χ2v) is 4.63. The number of Topliss-reactive ketones (excluding diaryl/α,β-unsaturated/α-hetero) is 1. The molecule has 0 saturated heterocycles. The van der Waals surface area contributed by atoms with E-state index < -0.39 is 10.0 Å². The number of ketones is 1. The van der Waals surface area contributed by atoms with Gasteiger partial charge in [-0.3, -0.25) is 4.79 Å². The molecule has 0 unspecified atom stereocenters. The number of benzene rings is 1. The summed E-state index contributed by atoms with van der Waals surface area (Å²) in [7, 11) is -3.31. The first-order valence-electron chi connectivity index (χ1n) is 3.93. The fourth-order valence-corrected chi connectivity index (χ4v) is 1.25. The highest BCUT2D eigenvalue weighted by Gasteiger charge is 2.07. The molecule has 0 aliphatic rings. The zero-order valence-corrected chi connectivity index (χ0v) is 8.47. The van der Waals surface area contributed by atoms with Crippen LogP contribution < -0.4 is 4.72 Å². The molecule has 1 aromatic rings. The van der Waals surface area contributed by atoms with E-state index in [0.29, 0.717) is 5.56 Å². The van der Waals surface area contributed by atoms with Crippen molar-refractivity contribution < 1.29 is 13.2 Å². The topological polar surface area (TPSA) is 63.2 Å². The number of rotatable bonds is 4. The number of carbonyl (C=O) groups excluding carboxylic acids is 1. The van der Waals surface area contributed by atoms with E-state index in [1.54, 1.807) is 24.3 Å². The highest BCUT2D eigenvalue weighted by Crippen LogP contribution is 1.97. The third-order valence-electron chi connectivity index (χ3n) is 1.50. The lowest BCUT2D eigenvalue weighted by Gasteiger charge is -2.00. The Morgan fingerprint density at radius 3 is 2.71 bits per heavy atom. The van der Waals surface area contributed by atoms with Crippen molar-refractivity contribution in [2.75, 3.05) is 12.8 Å². The van der Waals surface area contributed by atoms with Crippen LogP contribution in [0.1, 0.15) is 10.4 Å². The molecule has 0 bridgehead atoms. The molecule has 14 heavy (non-hydrogen) atoms. The molecule has 0 saturated carbocycles. The fraction of sp³-hybridized carbons (Fsp3) is 0.222. The SMILES string of the molecule is CS(=O)(=O)NCC(=O)c1[c]cccc1. The zero-order valence-electron chi connectivity index (χ0n) is 7.65. The highest BCUT2D eigenvalue weighted by atomic mass is 32.2. The normalized spacial score (nSPS) is 11.2. The zero-order chi connectivity index (χ0) is 10.6. The maximum Gasteiger partial charge on any atom is 0.209 e. The van der Waals surface area contributed by atoms with Crippen molar-refractivity contribution in [2.24, 2.45) is 0 Å². The Balaban J connectivity index is 2.61. The molecule has 0 heterocycles. The molecule has 1 rings (SSSR count). The number of nitrogens with one attached hydrogen (secondary N) is 1. The van der Waals surface area contributed by atoms with Gasteiger partial charge < -0.3 is 0 Å². The minimum absolute atomic E-state index is 0.223. The number of carbonyl (C=O) groups is 1. The quantitative estimate of drug-likeness (QED) is 0.726. The van der Waals surface area contributed by atoms with Gasteiger partial charge in [0, 0.05) is 5.56 Å². The summed E-state index contributed by atoms with van der Waals surface area (Å²) >= 11 is 0. The van der Waals surface area contributed by atoms with Gasteiger partial charge in [-0.2, -0.15) is 0 Å². The molecule has 1 radical (unpaired) electrons. The van der Waals surface area contributed by atoms with Crippen LogP contribution in [0, 0.1) is 6.07 Å². The summed E-state index contributed by atoms with van der Waals surface area (Å²) in [5.41, 5.74) is 0.378. The Labute approximate surface area is 83.0 Å². The Morgan fingerprint density at radius 2 is 2.21 bits per heavy atom. The molecular formula is C9H10NO3S. The van der Waals surface area contributed by atoms with Crippen molar-refractivity contribution >= 4 is 15.8 Å². The Bertz CT molecular complexity index is 411. The van der Waals surface area contributed by atoms with Crippen molar-refractivity contribution in [3.8, 4) is 0 Å². The van der Waals surface area contributed by atoms with Crippen LogP contribution in [0.25, 0.3) is 0 Å². The van der Waals surface area contributed by atoms with Crippen LogP contribution in [-0.2, 0) is 10.0 Å². The molecule has 0 fully saturated rings. The first kappa shape index (κ1) is 10.9. The summed E-state index contributed by atoms with van der Waals surface area (Å²) in [5, 5.41) is 0. The molecule has 0 amide bonds. The van der Waals surface area contributed by atoms with E-state index in [4.69, 9.17) is 0 Å². The molecule has 1 N–H and O–H groups in total. The van der Waals surface area contributed by atoms with Crippen LogP contribution in [0.4, 0.5) is 0 Å². The van der Waals surface area contributed by atoms with Crippen LogP contribution in [-0.4, -0.2) is 27.0 Å². The lowest BCUT2D eigenvalue weighted by molar-refractivity contribution is 0.0997. The molecule has 4 nitrogen and oxygen atoms in total. The van der Waals surface area contributed by atoms with Crippen LogP contribution in [0.2, 0.25) is 0 Å². The van der Waals surface area contributed by atoms with E-state index in [1.165, 1.54) is 0 Å². The van der Waals surface area contributed by atoms with Crippen LogP contribution in [0.3, 0.4) is 0 Å². The van der Waals surface area contributed by atoms with Crippen LogP contribution in [0.15, 0.2) is 24.3 Å². The Morgan fingerprint density at radius 1 is 1.50 bits per heavy atom. The molecule has 75 valence electrons. The average Bonchev–Trinajstić information content (AvgIpc) is 2.14. The van der Waals surface area contributed by atoms with Gasteiger partial charge in [0.05, 0.1) is 12.8 Å². The average molecular weight is 212 g/mol. The van der Waals surface area contributed by atoms with Crippen molar-refractivity contribution in [1.29, 1.82) is 0 Å². The summed E-state index contributed by atoms with van der Waals surface area (Å²) in [5.74, 6) is -0.295. The van der Waals surface area contributed by atoms with Crippen LogP contribution >= 0.6 is 0 Å². The standard InChI is InChI=1S/C9H10NO3S/c1-14(12,13)10-7-9(11)8-5-3-2-4-6-8/h2-5,10H,7H2,1H3. The van der Waals surface area contributed by atoms with Crippen molar-refractivity contribution in [2.45, 2.75) is 0 Å². The third kappa shape index (κ3) is 3.68. The van der Waals surface area contributed by atoms with E-state index in [9.17, 15) is 13.2 Å². The second kappa shape index (κ2) is 4.34. The molecule has 0 aliphatic heterocycles. The van der Waals surface area contributed by atoms with Crippen LogP contribution in [0.5, 0.6) is 0 Å². The Hall–Kier alpha value is -1.20. The van der Waals surface area contributed by atoms with Gasteiger partial charge in [-0.05, 0) is 6.07 Å². The minimum Gasteiger partial charge on any atom is -0.293 e. The summed E-state index contributed by atoms with van der Waals surface area (Å²) in [6, 6.07) is 9.35. The van der Waals surface area contributed by atoms with Crippen molar-refractivity contribution in [3.63, 3.8) is 0 Å². The molecular weight excluding hydrogens is 202 g/mol. The number of hydrogen-bond acceptors (Lipinski definition) is 3. The molecule has 0 aromatic heterocycles. The first-order chi connectivity index (χ1) is 6.49. The van der Waals surface area contributed by atoms with E-state index in [0.717, 1.165) is 6.26 Å². The lowest BCUT2D eigenvalue weighted by Crippen LogP contribution is -2.28. The lowest BCUT2D eigenvalue weighted by atomic mass is 10.1. The summed E-state index contributed by atoms with van der Waals surface area (Å²) in [6.07, 6.45) is 1.01. The van der Waals surface area contributed by atoms with Gasteiger partial charge in [0.25, 0.3) is 0 Å². The van der Waals surface area contributed by atoms with Gasteiger partial charge in [-0.1, -0.05) is 24.3 Å². The molecule has 0 spiro atoms. The minimum atomic E-state index is -3.31. The van der Waals surface area contributed by atoms with Gasteiger partial charge in [-0.15, -0.1) is 0 Å². The van der Waals surface area contributed by atoms with Gasteiger partial charge in [0.1, 0.15) is 0 Å². The maximum absolute atomic E-state index is 11.3. The third-order valence-corrected chi connectivity index (χ3v) is 2.17. The summed E-state index contributed by atoms with van der Waals surface area (Å²) in [4.78, 5) is 11.3. The van der Waals surface area contributed by atoms with Crippen molar-refractivity contribution in [1.82, 2.24) is 4.72 Å². The smallest absolute Gasteiger partial charge is 0.209 e. The summed E-state index contributed by atoms with van der Waals surface area (Å²) in [6.45, 7) is -0.223. The van der Waals surface area contributed by atoms with Crippen molar-refractivity contribution in [3.05, 3.63) is 35.9 Å². The summed E-state index contributed by atoms with van der Waals surface area (Å²) < 4.78 is 23.5. The van der Waals surface area contributed by atoms with E-state index in [1.807, 2.05) is 0 Å². The molecule has 1 aromatic carbocycles. The molecule has 5 heteroatoms. The monoisotopic (exact) mass is 212 g/mol. The van der Waals surface area contributed by atoms with E-state index in [2.05, 4.69) is 10.8 Å². The number of sulfonamides is 1. The van der Waals surface area contributed by atoms with E-state index >= 15 is 0 Å². The molecule has 0 aliphatic carbocycles. The largest absolute Gasteiger partial charge is 0.293 e. The fourth-order valence-electron chi connectivity index (χ4n) is 0.859. The van der Waals surface area contributed by atoms with Gasteiger partial charge in [0.15, 0.2) is 5.78 Å². The molecule has 0 atom stereocenters. The maximum atomic E-state index is 11.3. The van der Waals surface area contributed by atoms with Gasteiger partial charge >= 0.3 is 0 Å².